The highest BCUT2D eigenvalue weighted by molar-refractivity contribution is 5.81. The molecule has 86 valence electrons. The summed E-state index contributed by atoms with van der Waals surface area (Å²) in [6, 6.07) is 5.07. The number of hydrogen-bond acceptors (Lipinski definition) is 1. The molecule has 1 aliphatic carbocycles. The van der Waals surface area contributed by atoms with Crippen LogP contribution in [-0.2, 0) is 11.0 Å². The number of rotatable bonds is 2. The molecule has 1 saturated carbocycles. The summed E-state index contributed by atoms with van der Waals surface area (Å²) in [6.07, 6.45) is -3.79. The van der Waals surface area contributed by atoms with E-state index < -0.39 is 17.6 Å². The van der Waals surface area contributed by atoms with Crippen LogP contribution in [0.3, 0.4) is 0 Å². The van der Waals surface area contributed by atoms with Crippen molar-refractivity contribution in [2.45, 2.75) is 18.5 Å². The Morgan fingerprint density at radius 2 is 2.06 bits per heavy atom. The third-order valence-electron chi connectivity index (χ3n) is 2.80. The number of hydrogen-bond donors (Lipinski definition) is 1. The van der Waals surface area contributed by atoms with Gasteiger partial charge in [0.2, 0.25) is 5.91 Å². The van der Waals surface area contributed by atoms with Gasteiger partial charge in [-0.3, -0.25) is 4.79 Å². The predicted molar refractivity (Wildman–Crippen MR) is 51.5 cm³/mol. The van der Waals surface area contributed by atoms with Crippen LogP contribution in [0.2, 0.25) is 0 Å². The Balaban J connectivity index is 2.22. The fourth-order valence-electron chi connectivity index (χ4n) is 1.82. The summed E-state index contributed by atoms with van der Waals surface area (Å²) >= 11 is 0. The maximum absolute atomic E-state index is 12.4. The summed E-state index contributed by atoms with van der Waals surface area (Å²) in [7, 11) is 0. The van der Waals surface area contributed by atoms with Gasteiger partial charge < -0.3 is 5.73 Å². The molecule has 1 aromatic rings. The molecule has 0 aliphatic heterocycles. The maximum Gasteiger partial charge on any atom is 0.416 e. The van der Waals surface area contributed by atoms with Crippen LogP contribution in [0, 0.1) is 5.92 Å². The van der Waals surface area contributed by atoms with Crippen molar-refractivity contribution >= 4 is 5.91 Å². The molecule has 0 spiro atoms. The average molecular weight is 229 g/mol. The molecule has 1 aliphatic rings. The second-order valence-electron chi connectivity index (χ2n) is 3.97. The fraction of sp³-hybridized carbons (Fsp3) is 0.364. The minimum absolute atomic E-state index is 0.139. The monoisotopic (exact) mass is 229 g/mol. The van der Waals surface area contributed by atoms with Crippen LogP contribution in [0.5, 0.6) is 0 Å². The highest BCUT2D eigenvalue weighted by atomic mass is 19.4. The molecule has 1 fully saturated rings. The van der Waals surface area contributed by atoms with Crippen LogP contribution in [0.25, 0.3) is 0 Å². The van der Waals surface area contributed by atoms with Crippen molar-refractivity contribution in [1.29, 1.82) is 0 Å². The van der Waals surface area contributed by atoms with Crippen molar-refractivity contribution in [1.82, 2.24) is 0 Å². The van der Waals surface area contributed by atoms with Crippen molar-refractivity contribution in [2.24, 2.45) is 11.7 Å². The third kappa shape index (κ3) is 2.03. The highest BCUT2D eigenvalue weighted by Gasteiger charge is 2.43. The van der Waals surface area contributed by atoms with Gasteiger partial charge in [0.15, 0.2) is 0 Å². The van der Waals surface area contributed by atoms with Crippen LogP contribution in [0.1, 0.15) is 23.5 Å². The van der Waals surface area contributed by atoms with Gasteiger partial charge in [0.05, 0.1) is 5.56 Å². The first kappa shape index (κ1) is 11.0. The maximum atomic E-state index is 12.4. The zero-order chi connectivity index (χ0) is 11.9. The second kappa shape index (κ2) is 3.50. The number of carbonyl (C=O) groups is 1. The Hall–Kier alpha value is -1.52. The van der Waals surface area contributed by atoms with Gasteiger partial charge in [0.25, 0.3) is 0 Å². The molecule has 5 heteroatoms. The normalized spacial score (nSPS) is 24.2. The van der Waals surface area contributed by atoms with E-state index in [1.54, 1.807) is 6.07 Å². The second-order valence-corrected chi connectivity index (χ2v) is 3.97. The van der Waals surface area contributed by atoms with E-state index in [-0.39, 0.29) is 11.8 Å². The molecule has 0 heterocycles. The molecule has 2 nitrogen and oxygen atoms in total. The van der Waals surface area contributed by atoms with E-state index in [0.29, 0.717) is 12.0 Å². The highest BCUT2D eigenvalue weighted by Crippen LogP contribution is 2.47. The minimum Gasteiger partial charge on any atom is -0.369 e. The minimum atomic E-state index is -4.34. The molecule has 2 rings (SSSR count). The van der Waals surface area contributed by atoms with Gasteiger partial charge in [0.1, 0.15) is 0 Å². The summed E-state index contributed by atoms with van der Waals surface area (Å²) in [4.78, 5) is 10.8. The molecular weight excluding hydrogens is 219 g/mol. The van der Waals surface area contributed by atoms with E-state index >= 15 is 0 Å². The third-order valence-corrected chi connectivity index (χ3v) is 2.80. The van der Waals surface area contributed by atoms with Crippen LogP contribution in [0.15, 0.2) is 24.3 Å². The van der Waals surface area contributed by atoms with Crippen molar-refractivity contribution in [3.8, 4) is 0 Å². The van der Waals surface area contributed by atoms with Crippen molar-refractivity contribution < 1.29 is 18.0 Å². The zero-order valence-corrected chi connectivity index (χ0v) is 8.29. The van der Waals surface area contributed by atoms with Gasteiger partial charge in [-0.25, -0.2) is 0 Å². The Kier molecular flexibility index (Phi) is 2.40. The topological polar surface area (TPSA) is 43.1 Å². The van der Waals surface area contributed by atoms with Crippen LogP contribution in [-0.4, -0.2) is 5.91 Å². The number of halogens is 3. The van der Waals surface area contributed by atoms with Crippen LogP contribution < -0.4 is 5.73 Å². The molecule has 0 bridgehead atoms. The molecule has 0 aromatic heterocycles. The Bertz CT molecular complexity index is 427. The molecule has 1 aromatic carbocycles. The van der Waals surface area contributed by atoms with Gasteiger partial charge >= 0.3 is 6.18 Å². The Morgan fingerprint density at radius 3 is 2.56 bits per heavy atom. The van der Waals surface area contributed by atoms with Crippen LogP contribution >= 0.6 is 0 Å². The first-order valence-electron chi connectivity index (χ1n) is 4.86. The summed E-state index contributed by atoms with van der Waals surface area (Å²) in [5, 5.41) is 0. The standard InChI is InChI=1S/C11H10F3NO/c12-11(13,14)7-3-1-2-6(4-7)8-5-9(8)10(15)16/h1-4,8-9H,5H2,(H2,15,16)/t8-,9-/m1/s1. The predicted octanol–water partition coefficient (Wildman–Crippen LogP) is 2.29. The average Bonchev–Trinajstić information content (AvgIpc) is 2.96. The molecule has 16 heavy (non-hydrogen) atoms. The number of benzene rings is 1. The Morgan fingerprint density at radius 1 is 1.38 bits per heavy atom. The number of amides is 1. The molecule has 2 N–H and O–H groups in total. The van der Waals surface area contributed by atoms with Gasteiger partial charge in [-0.2, -0.15) is 13.2 Å². The molecule has 0 saturated heterocycles. The van der Waals surface area contributed by atoms with E-state index in [9.17, 15) is 18.0 Å². The largest absolute Gasteiger partial charge is 0.416 e. The van der Waals surface area contributed by atoms with E-state index in [1.807, 2.05) is 0 Å². The van der Waals surface area contributed by atoms with Gasteiger partial charge in [-0.1, -0.05) is 18.2 Å². The van der Waals surface area contributed by atoms with E-state index in [4.69, 9.17) is 5.73 Å². The molecular formula is C11H10F3NO. The molecule has 0 unspecified atom stereocenters. The van der Waals surface area contributed by atoms with Crippen molar-refractivity contribution in [2.75, 3.05) is 0 Å². The van der Waals surface area contributed by atoms with Crippen molar-refractivity contribution in [3.63, 3.8) is 0 Å². The van der Waals surface area contributed by atoms with E-state index in [0.717, 1.165) is 12.1 Å². The molecule has 0 radical (unpaired) electrons. The lowest BCUT2D eigenvalue weighted by Gasteiger charge is -2.08. The van der Waals surface area contributed by atoms with E-state index in [2.05, 4.69) is 0 Å². The number of alkyl halides is 3. The Labute approximate surface area is 90.2 Å². The SMILES string of the molecule is NC(=O)[C@@H]1C[C@@H]1c1cccc(C(F)(F)F)c1. The summed E-state index contributed by atoms with van der Waals surface area (Å²) in [6.45, 7) is 0. The summed E-state index contributed by atoms with van der Waals surface area (Å²) in [5.41, 5.74) is 4.95. The lowest BCUT2D eigenvalue weighted by molar-refractivity contribution is -0.137. The first-order chi connectivity index (χ1) is 7.39. The number of primary amides is 1. The van der Waals surface area contributed by atoms with Gasteiger partial charge in [0, 0.05) is 5.92 Å². The van der Waals surface area contributed by atoms with E-state index in [1.165, 1.54) is 6.07 Å². The van der Waals surface area contributed by atoms with Gasteiger partial charge in [-0.15, -0.1) is 0 Å². The lowest BCUT2D eigenvalue weighted by atomic mass is 10.1. The zero-order valence-electron chi connectivity index (χ0n) is 8.29. The number of nitrogens with two attached hydrogens (primary N) is 1. The smallest absolute Gasteiger partial charge is 0.369 e. The summed E-state index contributed by atoms with van der Waals surface area (Å²) in [5.74, 6) is -0.884. The molecule has 1 amide bonds. The molecule has 2 atom stereocenters. The quantitative estimate of drug-likeness (QED) is 0.830. The summed E-state index contributed by atoms with van der Waals surface area (Å²) < 4.78 is 37.2. The fourth-order valence-corrected chi connectivity index (χ4v) is 1.82. The first-order valence-corrected chi connectivity index (χ1v) is 4.86. The number of carbonyl (C=O) groups excluding carboxylic acids is 1. The lowest BCUT2D eigenvalue weighted by Crippen LogP contribution is -2.13. The van der Waals surface area contributed by atoms with Crippen molar-refractivity contribution in [3.05, 3.63) is 35.4 Å². The van der Waals surface area contributed by atoms with Crippen LogP contribution in [0.4, 0.5) is 13.2 Å². The van der Waals surface area contributed by atoms with Gasteiger partial charge in [-0.05, 0) is 24.0 Å².